The minimum Gasteiger partial charge on any atom is -0.493 e. The molecule has 0 heterocycles. The maximum atomic E-state index is 11.3. The number of carboxylic acid groups (broad SMARTS) is 1. The molecule has 192 valence electrons. The van der Waals surface area contributed by atoms with E-state index in [0.29, 0.717) is 17.4 Å². The van der Waals surface area contributed by atoms with Gasteiger partial charge in [0.05, 0.1) is 34.9 Å². The van der Waals surface area contributed by atoms with E-state index in [-0.39, 0.29) is 6.42 Å². The van der Waals surface area contributed by atoms with Crippen LogP contribution in [0.1, 0.15) is 34.6 Å². The largest absolute Gasteiger partial charge is 0.493 e. The Labute approximate surface area is 208 Å². The maximum Gasteiger partial charge on any atom is 0.307 e. The molecule has 2 N–H and O–H groups in total. The lowest BCUT2D eigenvalue weighted by atomic mass is 9.77. The Hall–Kier alpha value is -2.97. The number of fused-ring (bicyclic) bond motifs is 1. The van der Waals surface area contributed by atoms with Crippen molar-refractivity contribution in [1.29, 1.82) is 0 Å². The summed E-state index contributed by atoms with van der Waals surface area (Å²) in [5.74, 6) is 2.43. The van der Waals surface area contributed by atoms with Crippen molar-refractivity contribution in [2.24, 2.45) is 0 Å². The van der Waals surface area contributed by atoms with E-state index in [0.717, 1.165) is 68.1 Å². The monoisotopic (exact) mass is 486 g/mol. The Morgan fingerprint density at radius 3 is 2.17 bits per heavy atom. The molecule has 1 atom stereocenters. The van der Waals surface area contributed by atoms with Crippen molar-refractivity contribution in [3.05, 3.63) is 46.5 Å². The van der Waals surface area contributed by atoms with Gasteiger partial charge in [0.2, 0.25) is 0 Å². The normalized spacial score (nSPS) is 14.3. The molecule has 35 heavy (non-hydrogen) atoms. The molecule has 0 saturated heterocycles. The van der Waals surface area contributed by atoms with Crippen LogP contribution in [-0.4, -0.2) is 77.6 Å². The van der Waals surface area contributed by atoms with Crippen molar-refractivity contribution >= 4 is 5.97 Å². The van der Waals surface area contributed by atoms with Crippen LogP contribution in [0.4, 0.5) is 0 Å². The molecular weight excluding hydrogens is 448 g/mol. The lowest BCUT2D eigenvalue weighted by Gasteiger charge is -2.34. The number of likely N-dealkylation sites (N-methyl/N-ethyl adjacent to an activating group) is 1. The number of ether oxygens (including phenoxy) is 4. The molecule has 1 aliphatic carbocycles. The van der Waals surface area contributed by atoms with Gasteiger partial charge in [-0.3, -0.25) is 4.79 Å². The third kappa shape index (κ3) is 6.80. The molecule has 0 amide bonds. The quantitative estimate of drug-likeness (QED) is 0.371. The summed E-state index contributed by atoms with van der Waals surface area (Å²) >= 11 is 0. The summed E-state index contributed by atoms with van der Waals surface area (Å²) in [6.45, 7) is 3.70. The Bertz CT molecular complexity index is 1010. The highest BCUT2D eigenvalue weighted by Crippen LogP contribution is 2.42. The summed E-state index contributed by atoms with van der Waals surface area (Å²) in [4.78, 5) is 13.7. The van der Waals surface area contributed by atoms with E-state index >= 15 is 0 Å². The van der Waals surface area contributed by atoms with Crippen LogP contribution < -0.4 is 24.3 Å². The van der Waals surface area contributed by atoms with Gasteiger partial charge in [-0.25, -0.2) is 0 Å². The van der Waals surface area contributed by atoms with E-state index in [9.17, 15) is 9.90 Å². The number of nitrogens with zero attached hydrogens (tertiary/aromatic N) is 1. The first kappa shape index (κ1) is 26.6. The number of nitrogens with one attached hydrogen (secondary N) is 1. The topological polar surface area (TPSA) is 89.5 Å². The molecule has 0 aliphatic heterocycles. The summed E-state index contributed by atoms with van der Waals surface area (Å²) in [6, 6.07) is 7.86. The number of rotatable bonds is 15. The first-order valence-electron chi connectivity index (χ1n) is 12.0. The van der Waals surface area contributed by atoms with Crippen molar-refractivity contribution in [3.63, 3.8) is 0 Å². The Balaban J connectivity index is 1.42. The van der Waals surface area contributed by atoms with Crippen molar-refractivity contribution in [1.82, 2.24) is 10.2 Å². The van der Waals surface area contributed by atoms with Gasteiger partial charge in [-0.05, 0) is 92.5 Å². The van der Waals surface area contributed by atoms with E-state index in [1.807, 2.05) is 6.07 Å². The number of carbonyl (C=O) groups is 1. The molecule has 0 aromatic heterocycles. The summed E-state index contributed by atoms with van der Waals surface area (Å²) < 4.78 is 21.6. The van der Waals surface area contributed by atoms with Crippen LogP contribution >= 0.6 is 0 Å². The molecule has 2 aromatic rings. The van der Waals surface area contributed by atoms with E-state index < -0.39 is 5.97 Å². The molecule has 2 aromatic carbocycles. The Morgan fingerprint density at radius 2 is 1.54 bits per heavy atom. The number of methoxy groups -OCH3 is 4. The average Bonchev–Trinajstić information content (AvgIpc) is 2.84. The minimum absolute atomic E-state index is 0.0383. The summed E-state index contributed by atoms with van der Waals surface area (Å²) in [7, 11) is 8.65. The SMILES string of the molecule is COc1cc(CCNCCCN(C)C[C@H]2Cc3cc(OC)c(OC)cc32)c(CC(=O)O)cc1OC. The first-order valence-corrected chi connectivity index (χ1v) is 12.0. The van der Waals surface area contributed by atoms with Gasteiger partial charge < -0.3 is 34.3 Å². The van der Waals surface area contributed by atoms with E-state index in [1.54, 1.807) is 34.5 Å². The second-order valence-corrected chi connectivity index (χ2v) is 8.97. The second-order valence-electron chi connectivity index (χ2n) is 8.97. The number of hydrogen-bond acceptors (Lipinski definition) is 7. The molecule has 8 nitrogen and oxygen atoms in total. The zero-order valence-corrected chi connectivity index (χ0v) is 21.5. The van der Waals surface area contributed by atoms with Crippen LogP contribution in [-0.2, 0) is 24.1 Å². The molecular formula is C27H38N2O6. The van der Waals surface area contributed by atoms with Gasteiger partial charge in [-0.1, -0.05) is 0 Å². The minimum atomic E-state index is -0.860. The van der Waals surface area contributed by atoms with Crippen LogP contribution in [0, 0.1) is 0 Å². The van der Waals surface area contributed by atoms with E-state index in [2.05, 4.69) is 29.4 Å². The molecule has 0 unspecified atom stereocenters. The molecule has 0 bridgehead atoms. The van der Waals surface area contributed by atoms with Crippen LogP contribution in [0.2, 0.25) is 0 Å². The predicted octanol–water partition coefficient (Wildman–Crippen LogP) is 3.14. The van der Waals surface area contributed by atoms with E-state index in [4.69, 9.17) is 18.9 Å². The third-order valence-corrected chi connectivity index (χ3v) is 6.60. The van der Waals surface area contributed by atoms with Gasteiger partial charge in [0.15, 0.2) is 23.0 Å². The molecule has 3 rings (SSSR count). The van der Waals surface area contributed by atoms with Crippen molar-refractivity contribution in [2.45, 2.75) is 31.6 Å². The molecule has 0 spiro atoms. The highest BCUT2D eigenvalue weighted by Gasteiger charge is 2.29. The predicted molar refractivity (Wildman–Crippen MR) is 136 cm³/mol. The second kappa shape index (κ2) is 12.7. The Kier molecular flexibility index (Phi) is 9.63. The van der Waals surface area contributed by atoms with Gasteiger partial charge in [0.25, 0.3) is 0 Å². The zero-order valence-electron chi connectivity index (χ0n) is 21.5. The van der Waals surface area contributed by atoms with Gasteiger partial charge >= 0.3 is 5.97 Å². The lowest BCUT2D eigenvalue weighted by molar-refractivity contribution is -0.136. The smallest absolute Gasteiger partial charge is 0.307 e. The Morgan fingerprint density at radius 1 is 0.943 bits per heavy atom. The zero-order chi connectivity index (χ0) is 25.4. The summed E-state index contributed by atoms with van der Waals surface area (Å²) in [5, 5.41) is 12.7. The van der Waals surface area contributed by atoms with Crippen LogP contribution in [0.15, 0.2) is 24.3 Å². The number of benzene rings is 2. The molecule has 0 saturated carbocycles. The molecule has 8 heteroatoms. The summed E-state index contributed by atoms with van der Waals surface area (Å²) in [6.07, 6.45) is 2.80. The number of carboxylic acids is 1. The van der Waals surface area contributed by atoms with Gasteiger partial charge in [0.1, 0.15) is 0 Å². The first-order chi connectivity index (χ1) is 16.9. The van der Waals surface area contributed by atoms with Gasteiger partial charge in [-0.15, -0.1) is 0 Å². The van der Waals surface area contributed by atoms with Gasteiger partial charge in [0, 0.05) is 12.5 Å². The molecule has 0 radical (unpaired) electrons. The van der Waals surface area contributed by atoms with Crippen LogP contribution in [0.3, 0.4) is 0 Å². The van der Waals surface area contributed by atoms with Crippen LogP contribution in [0.25, 0.3) is 0 Å². The molecule has 0 fully saturated rings. The standard InChI is InChI=1S/C27H38N2O6/c1-29(17-21-11-20-14-25(34-4)26(35-5)16-22(20)21)10-6-8-28-9-7-18-12-23(32-2)24(33-3)13-19(18)15-27(30)31/h12-14,16,21,28H,6-11,15,17H2,1-5H3,(H,30,31)/t21-/m1/s1. The fourth-order valence-corrected chi connectivity index (χ4v) is 4.71. The number of hydrogen-bond donors (Lipinski definition) is 2. The van der Waals surface area contributed by atoms with Crippen LogP contribution in [0.5, 0.6) is 23.0 Å². The average molecular weight is 487 g/mol. The lowest BCUT2D eigenvalue weighted by Crippen LogP contribution is -2.32. The third-order valence-electron chi connectivity index (χ3n) is 6.60. The fraction of sp³-hybridized carbons (Fsp3) is 0.519. The fourth-order valence-electron chi connectivity index (χ4n) is 4.71. The summed E-state index contributed by atoms with van der Waals surface area (Å²) in [5.41, 5.74) is 4.43. The highest BCUT2D eigenvalue weighted by molar-refractivity contribution is 5.71. The van der Waals surface area contributed by atoms with Crippen molar-refractivity contribution in [2.75, 3.05) is 61.7 Å². The van der Waals surface area contributed by atoms with Gasteiger partial charge in [-0.2, -0.15) is 0 Å². The molecule has 1 aliphatic rings. The highest BCUT2D eigenvalue weighted by atomic mass is 16.5. The van der Waals surface area contributed by atoms with Crippen molar-refractivity contribution in [3.8, 4) is 23.0 Å². The maximum absolute atomic E-state index is 11.3. The number of aliphatic carboxylic acids is 1. The van der Waals surface area contributed by atoms with Crippen molar-refractivity contribution < 1.29 is 28.8 Å². The van der Waals surface area contributed by atoms with E-state index in [1.165, 1.54) is 11.1 Å².